The summed E-state index contributed by atoms with van der Waals surface area (Å²) in [6, 6.07) is 12.7. The summed E-state index contributed by atoms with van der Waals surface area (Å²) in [4.78, 5) is 15.2. The van der Waals surface area contributed by atoms with E-state index >= 15 is 0 Å². The monoisotopic (exact) mass is 303 g/mol. The molecule has 0 fully saturated rings. The van der Waals surface area contributed by atoms with Gasteiger partial charge in [0.1, 0.15) is 11.1 Å². The highest BCUT2D eigenvalue weighted by Crippen LogP contribution is 2.25. The fourth-order valence-electron chi connectivity index (χ4n) is 1.56. The number of hydrogen-bond acceptors (Lipinski definition) is 4. The first-order valence-corrected chi connectivity index (χ1v) is 7.04. The Kier molecular flexibility index (Phi) is 4.61. The lowest BCUT2D eigenvalue weighted by Crippen LogP contribution is -2.13. The minimum Gasteiger partial charge on any atom is -0.369 e. The second-order valence-electron chi connectivity index (χ2n) is 3.92. The van der Waals surface area contributed by atoms with E-state index < -0.39 is 5.91 Å². The average molecular weight is 304 g/mol. The minimum absolute atomic E-state index is 0.0890. The van der Waals surface area contributed by atoms with E-state index in [1.165, 1.54) is 0 Å². The van der Waals surface area contributed by atoms with Crippen molar-refractivity contribution < 1.29 is 4.79 Å². The molecule has 2 rings (SSSR count). The quantitative estimate of drug-likeness (QED) is 0.881. The number of halogens is 1. The van der Waals surface area contributed by atoms with E-state index in [1.54, 1.807) is 24.3 Å². The van der Waals surface area contributed by atoms with E-state index in [4.69, 9.17) is 22.6 Å². The maximum Gasteiger partial charge on any atom is 0.227 e. The standard InChI is InChI=1S/C14H10ClN3OS/c15-11-4-1-9(2-5-11)12-6-3-10(7-16)14(18-12)20-8-13(17)19/h1-6H,8H2,(H2,17,19). The van der Waals surface area contributed by atoms with Crippen molar-refractivity contribution in [3.8, 4) is 17.3 Å². The number of aromatic nitrogens is 1. The molecule has 0 saturated heterocycles. The van der Waals surface area contributed by atoms with Crippen molar-refractivity contribution in [3.63, 3.8) is 0 Å². The highest BCUT2D eigenvalue weighted by molar-refractivity contribution is 8.00. The Bertz CT molecular complexity index is 680. The first kappa shape index (κ1) is 14.4. The summed E-state index contributed by atoms with van der Waals surface area (Å²) in [6.45, 7) is 0. The molecule has 20 heavy (non-hydrogen) atoms. The number of hydrogen-bond donors (Lipinski definition) is 1. The van der Waals surface area contributed by atoms with Crippen molar-refractivity contribution >= 4 is 29.3 Å². The average Bonchev–Trinajstić information content (AvgIpc) is 2.45. The van der Waals surface area contributed by atoms with Crippen molar-refractivity contribution in [2.45, 2.75) is 5.03 Å². The summed E-state index contributed by atoms with van der Waals surface area (Å²) in [5.74, 6) is -0.358. The second kappa shape index (κ2) is 6.42. The van der Waals surface area contributed by atoms with E-state index in [1.807, 2.05) is 12.1 Å². The first-order valence-electron chi connectivity index (χ1n) is 5.68. The number of nitrogens with zero attached hydrogens (tertiary/aromatic N) is 2. The Morgan fingerprint density at radius 3 is 2.60 bits per heavy atom. The summed E-state index contributed by atoms with van der Waals surface area (Å²) in [6.07, 6.45) is 0. The molecule has 1 aromatic heterocycles. The summed E-state index contributed by atoms with van der Waals surface area (Å²) in [5.41, 5.74) is 7.14. The van der Waals surface area contributed by atoms with Gasteiger partial charge in [0, 0.05) is 10.6 Å². The van der Waals surface area contributed by atoms with Crippen LogP contribution in [0.15, 0.2) is 41.4 Å². The number of thioether (sulfide) groups is 1. The Balaban J connectivity index is 2.36. The molecule has 1 heterocycles. The molecule has 0 aliphatic heterocycles. The highest BCUT2D eigenvalue weighted by Gasteiger charge is 2.09. The molecule has 0 aliphatic carbocycles. The van der Waals surface area contributed by atoms with Gasteiger partial charge in [-0.1, -0.05) is 35.5 Å². The van der Waals surface area contributed by atoms with Gasteiger partial charge in [-0.25, -0.2) is 4.98 Å². The number of pyridine rings is 1. The van der Waals surface area contributed by atoms with E-state index in [2.05, 4.69) is 11.1 Å². The molecule has 6 heteroatoms. The van der Waals surface area contributed by atoms with Gasteiger partial charge >= 0.3 is 0 Å². The van der Waals surface area contributed by atoms with Gasteiger partial charge in [0.25, 0.3) is 0 Å². The van der Waals surface area contributed by atoms with E-state index in [0.29, 0.717) is 21.3 Å². The second-order valence-corrected chi connectivity index (χ2v) is 5.32. The molecule has 0 atom stereocenters. The van der Waals surface area contributed by atoms with Crippen LogP contribution in [0, 0.1) is 11.3 Å². The third-order valence-corrected chi connectivity index (χ3v) is 3.74. The molecule has 0 saturated carbocycles. The Morgan fingerprint density at radius 1 is 1.30 bits per heavy atom. The smallest absolute Gasteiger partial charge is 0.227 e. The third-order valence-electron chi connectivity index (χ3n) is 2.47. The van der Waals surface area contributed by atoms with Crippen LogP contribution in [0.25, 0.3) is 11.3 Å². The molecule has 0 bridgehead atoms. The first-order chi connectivity index (χ1) is 9.60. The van der Waals surface area contributed by atoms with Gasteiger partial charge in [0.05, 0.1) is 17.0 Å². The molecule has 0 unspecified atom stereocenters. The normalized spacial score (nSPS) is 10.0. The minimum atomic E-state index is -0.447. The number of benzene rings is 1. The molecule has 1 aromatic carbocycles. The third kappa shape index (κ3) is 3.50. The van der Waals surface area contributed by atoms with Gasteiger partial charge < -0.3 is 5.73 Å². The van der Waals surface area contributed by atoms with Gasteiger partial charge in [0.15, 0.2) is 0 Å². The molecule has 0 radical (unpaired) electrons. The van der Waals surface area contributed by atoms with E-state index in [9.17, 15) is 4.79 Å². The van der Waals surface area contributed by atoms with E-state index in [-0.39, 0.29) is 5.75 Å². The fourth-order valence-corrected chi connectivity index (χ4v) is 2.39. The molecule has 0 aliphatic rings. The Labute approximate surface area is 125 Å². The van der Waals surface area contributed by atoms with Crippen LogP contribution in [0.2, 0.25) is 5.02 Å². The fraction of sp³-hybridized carbons (Fsp3) is 0.0714. The predicted octanol–water partition coefficient (Wildman–Crippen LogP) is 2.85. The number of nitrogens with two attached hydrogens (primary N) is 1. The molecule has 0 spiro atoms. The highest BCUT2D eigenvalue weighted by atomic mass is 35.5. The number of amides is 1. The van der Waals surface area contributed by atoms with Gasteiger partial charge in [-0.2, -0.15) is 5.26 Å². The van der Waals surface area contributed by atoms with Crippen LogP contribution < -0.4 is 5.73 Å². The van der Waals surface area contributed by atoms with Gasteiger partial charge in [-0.15, -0.1) is 0 Å². The summed E-state index contributed by atoms with van der Waals surface area (Å²) < 4.78 is 0. The Morgan fingerprint density at radius 2 is 2.00 bits per heavy atom. The van der Waals surface area contributed by atoms with Crippen LogP contribution in [0.3, 0.4) is 0 Å². The zero-order chi connectivity index (χ0) is 14.5. The topological polar surface area (TPSA) is 79.8 Å². The number of primary amides is 1. The molecule has 100 valence electrons. The van der Waals surface area contributed by atoms with E-state index in [0.717, 1.165) is 17.3 Å². The largest absolute Gasteiger partial charge is 0.369 e. The molecule has 2 aromatic rings. The molecular formula is C14H10ClN3OS. The molecule has 2 N–H and O–H groups in total. The SMILES string of the molecule is N#Cc1ccc(-c2ccc(Cl)cc2)nc1SCC(N)=O. The van der Waals surface area contributed by atoms with Crippen molar-refractivity contribution in [2.24, 2.45) is 5.73 Å². The summed E-state index contributed by atoms with van der Waals surface area (Å²) in [5, 5.41) is 10.2. The molecular weight excluding hydrogens is 294 g/mol. The molecule has 4 nitrogen and oxygen atoms in total. The number of carbonyl (C=O) groups is 1. The lowest BCUT2D eigenvalue weighted by atomic mass is 10.1. The predicted molar refractivity (Wildman–Crippen MR) is 79.3 cm³/mol. The van der Waals surface area contributed by atoms with Crippen LogP contribution in [0.1, 0.15) is 5.56 Å². The maximum absolute atomic E-state index is 10.8. The lowest BCUT2D eigenvalue weighted by Gasteiger charge is -2.06. The number of carbonyl (C=O) groups excluding carboxylic acids is 1. The van der Waals surface area contributed by atoms with Crippen LogP contribution in [0.5, 0.6) is 0 Å². The molecule has 1 amide bonds. The lowest BCUT2D eigenvalue weighted by molar-refractivity contribution is -0.115. The van der Waals surface area contributed by atoms with Crippen molar-refractivity contribution in [1.29, 1.82) is 5.26 Å². The Hall–Kier alpha value is -2.03. The van der Waals surface area contributed by atoms with Crippen LogP contribution in [-0.4, -0.2) is 16.6 Å². The van der Waals surface area contributed by atoms with Crippen molar-refractivity contribution in [3.05, 3.63) is 47.0 Å². The summed E-state index contributed by atoms with van der Waals surface area (Å²) >= 11 is 7.00. The van der Waals surface area contributed by atoms with Gasteiger partial charge in [0.2, 0.25) is 5.91 Å². The zero-order valence-corrected chi connectivity index (χ0v) is 11.9. The zero-order valence-electron chi connectivity index (χ0n) is 10.3. The van der Waals surface area contributed by atoms with Crippen LogP contribution in [-0.2, 0) is 4.79 Å². The number of nitriles is 1. The maximum atomic E-state index is 10.8. The van der Waals surface area contributed by atoms with Crippen molar-refractivity contribution in [1.82, 2.24) is 4.98 Å². The van der Waals surface area contributed by atoms with Crippen molar-refractivity contribution in [2.75, 3.05) is 5.75 Å². The van der Waals surface area contributed by atoms with Gasteiger partial charge in [-0.05, 0) is 24.3 Å². The number of rotatable bonds is 4. The van der Waals surface area contributed by atoms with Crippen LogP contribution in [0.4, 0.5) is 0 Å². The van der Waals surface area contributed by atoms with Crippen LogP contribution >= 0.6 is 23.4 Å². The summed E-state index contributed by atoms with van der Waals surface area (Å²) in [7, 11) is 0. The van der Waals surface area contributed by atoms with Gasteiger partial charge in [-0.3, -0.25) is 4.79 Å².